The summed E-state index contributed by atoms with van der Waals surface area (Å²) in [5, 5.41) is 15.5. The van der Waals surface area contributed by atoms with Gasteiger partial charge in [-0.2, -0.15) is 13.2 Å². The fourth-order valence-electron chi connectivity index (χ4n) is 7.44. The van der Waals surface area contributed by atoms with Crippen molar-refractivity contribution >= 4 is 34.0 Å². The number of carboxylic acid groups (broad SMARTS) is 1. The van der Waals surface area contributed by atoms with Gasteiger partial charge in [-0.15, -0.1) is 11.3 Å². The van der Waals surface area contributed by atoms with Gasteiger partial charge < -0.3 is 15.2 Å². The summed E-state index contributed by atoms with van der Waals surface area (Å²) < 4.78 is 44.9. The van der Waals surface area contributed by atoms with Crippen LogP contribution in [0.15, 0.2) is 41.8 Å². The number of halogens is 3. The van der Waals surface area contributed by atoms with Crippen molar-refractivity contribution in [3.8, 4) is 5.75 Å². The predicted octanol–water partition coefficient (Wildman–Crippen LogP) is 6.29. The van der Waals surface area contributed by atoms with Crippen molar-refractivity contribution in [2.75, 3.05) is 0 Å². The molecule has 4 aliphatic carbocycles. The van der Waals surface area contributed by atoms with Crippen molar-refractivity contribution < 1.29 is 32.6 Å². The molecular formula is C28H27F3N2O4S. The van der Waals surface area contributed by atoms with E-state index in [-0.39, 0.29) is 22.9 Å². The number of benzene rings is 2. The van der Waals surface area contributed by atoms with Gasteiger partial charge in [0.2, 0.25) is 0 Å². The summed E-state index contributed by atoms with van der Waals surface area (Å²) in [5.41, 5.74) is -1.30. The molecule has 10 heteroatoms. The lowest BCUT2D eigenvalue weighted by Crippen LogP contribution is -2.59. The Hall–Kier alpha value is -3.14. The number of carbonyl (C=O) groups excluding carboxylic acids is 1. The highest BCUT2D eigenvalue weighted by molar-refractivity contribution is 7.09. The molecule has 0 unspecified atom stereocenters. The van der Waals surface area contributed by atoms with E-state index in [4.69, 9.17) is 4.74 Å². The van der Waals surface area contributed by atoms with E-state index in [1.807, 2.05) is 12.1 Å². The summed E-state index contributed by atoms with van der Waals surface area (Å²) in [6, 6.07) is 9.52. The van der Waals surface area contributed by atoms with E-state index < -0.39 is 35.2 Å². The Morgan fingerprint density at radius 1 is 1.08 bits per heavy atom. The highest BCUT2D eigenvalue weighted by Gasteiger charge is 2.56. The van der Waals surface area contributed by atoms with Gasteiger partial charge in [0, 0.05) is 16.2 Å². The second-order valence-corrected chi connectivity index (χ2v) is 12.0. The molecule has 1 heterocycles. The number of carbonyl (C=O) groups is 2. The van der Waals surface area contributed by atoms with E-state index in [1.54, 1.807) is 24.3 Å². The SMILES string of the molecule is O=C(N[C@H](C(=O)O)C12CC3CC(CC(C3)C1)C2)c1ccc2ccccc2c1OCc1nc(C(F)(F)F)cs1. The first-order valence-corrected chi connectivity index (χ1v) is 13.7. The first-order chi connectivity index (χ1) is 18.1. The molecule has 4 fully saturated rings. The summed E-state index contributed by atoms with van der Waals surface area (Å²) in [6.07, 6.45) is 1.32. The fraction of sp³-hybridized carbons (Fsp3) is 0.464. The lowest BCUT2D eigenvalue weighted by atomic mass is 9.47. The van der Waals surface area contributed by atoms with Crippen LogP contribution in [0, 0.1) is 23.2 Å². The normalized spacial score (nSPS) is 26.9. The van der Waals surface area contributed by atoms with Gasteiger partial charge in [0.25, 0.3) is 5.91 Å². The molecule has 3 aromatic rings. The molecule has 0 saturated heterocycles. The topological polar surface area (TPSA) is 88.5 Å². The van der Waals surface area contributed by atoms with Crippen LogP contribution in [-0.2, 0) is 17.6 Å². The Kier molecular flexibility index (Phi) is 6.13. The Bertz CT molecular complexity index is 1370. The third kappa shape index (κ3) is 4.52. The number of amides is 1. The summed E-state index contributed by atoms with van der Waals surface area (Å²) in [6.45, 7) is -0.258. The largest absolute Gasteiger partial charge is 0.485 e. The van der Waals surface area contributed by atoms with Crippen LogP contribution in [0.4, 0.5) is 13.2 Å². The molecule has 0 spiro atoms. The van der Waals surface area contributed by atoms with Crippen LogP contribution in [0.3, 0.4) is 0 Å². The zero-order valence-electron chi connectivity index (χ0n) is 20.5. The number of rotatable bonds is 7. The third-order valence-electron chi connectivity index (χ3n) is 8.53. The van der Waals surface area contributed by atoms with Gasteiger partial charge in [0.05, 0.1) is 5.56 Å². The summed E-state index contributed by atoms with van der Waals surface area (Å²) in [7, 11) is 0. The van der Waals surface area contributed by atoms with Crippen molar-refractivity contribution in [2.24, 2.45) is 23.2 Å². The Labute approximate surface area is 221 Å². The maximum Gasteiger partial charge on any atom is 0.434 e. The first-order valence-electron chi connectivity index (χ1n) is 12.8. The fourth-order valence-corrected chi connectivity index (χ4v) is 8.15. The quantitative estimate of drug-likeness (QED) is 0.365. The average Bonchev–Trinajstić information content (AvgIpc) is 3.34. The highest BCUT2D eigenvalue weighted by Crippen LogP contribution is 2.61. The molecule has 1 atom stereocenters. The average molecular weight is 545 g/mol. The Balaban J connectivity index is 1.30. The number of fused-ring (bicyclic) bond motifs is 1. The van der Waals surface area contributed by atoms with Gasteiger partial charge in [0.15, 0.2) is 5.69 Å². The molecule has 6 nitrogen and oxygen atoms in total. The van der Waals surface area contributed by atoms with Gasteiger partial charge in [-0.05, 0) is 67.7 Å². The second kappa shape index (κ2) is 9.25. The van der Waals surface area contributed by atoms with Crippen LogP contribution in [0.2, 0.25) is 0 Å². The number of thiazole rings is 1. The van der Waals surface area contributed by atoms with Crippen LogP contribution in [0.25, 0.3) is 10.8 Å². The van der Waals surface area contributed by atoms with E-state index in [1.165, 1.54) is 0 Å². The molecule has 1 amide bonds. The standard InChI is InChI=1S/C28H27F3N2O4S/c29-28(30,31)21-14-38-22(32-21)13-37-23-19-4-2-1-3-18(19)5-6-20(23)25(34)33-24(26(35)36)27-10-15-7-16(11-27)9-17(8-15)12-27/h1-6,14-17,24H,7-13H2,(H,33,34)(H,35,36)/t15?,16?,17?,24-,27?/m1/s1. The molecule has 38 heavy (non-hydrogen) atoms. The number of alkyl halides is 3. The molecule has 1 aromatic heterocycles. The van der Waals surface area contributed by atoms with Gasteiger partial charge in [-0.25, -0.2) is 9.78 Å². The number of hydrogen-bond acceptors (Lipinski definition) is 5. The molecule has 7 rings (SSSR count). The number of nitrogens with zero attached hydrogens (tertiary/aromatic N) is 1. The molecule has 2 aromatic carbocycles. The number of aliphatic carboxylic acids is 1. The lowest BCUT2D eigenvalue weighted by Gasteiger charge is -2.58. The number of carboxylic acids is 1. The highest BCUT2D eigenvalue weighted by atomic mass is 32.1. The summed E-state index contributed by atoms with van der Waals surface area (Å²) >= 11 is 0.828. The number of aromatic nitrogens is 1. The molecule has 0 radical (unpaired) electrons. The summed E-state index contributed by atoms with van der Waals surface area (Å²) in [4.78, 5) is 29.8. The van der Waals surface area contributed by atoms with E-state index in [0.717, 1.165) is 60.6 Å². The Morgan fingerprint density at radius 2 is 1.74 bits per heavy atom. The van der Waals surface area contributed by atoms with Crippen molar-refractivity contribution in [1.29, 1.82) is 0 Å². The molecular weight excluding hydrogens is 517 g/mol. The van der Waals surface area contributed by atoms with E-state index in [2.05, 4.69) is 10.3 Å². The van der Waals surface area contributed by atoms with E-state index in [0.29, 0.717) is 23.1 Å². The molecule has 4 aliphatic rings. The van der Waals surface area contributed by atoms with Gasteiger partial charge in [-0.3, -0.25) is 4.79 Å². The predicted molar refractivity (Wildman–Crippen MR) is 135 cm³/mol. The number of nitrogens with one attached hydrogen (secondary N) is 1. The van der Waals surface area contributed by atoms with Crippen molar-refractivity contribution in [3.63, 3.8) is 0 Å². The minimum Gasteiger partial charge on any atom is -0.485 e. The molecule has 2 N–H and O–H groups in total. The van der Waals surface area contributed by atoms with Gasteiger partial charge in [0.1, 0.15) is 23.4 Å². The van der Waals surface area contributed by atoms with Gasteiger partial charge in [-0.1, -0.05) is 30.3 Å². The minimum absolute atomic E-state index is 0.119. The molecule has 200 valence electrons. The van der Waals surface area contributed by atoms with Gasteiger partial charge >= 0.3 is 12.1 Å². The monoisotopic (exact) mass is 544 g/mol. The third-order valence-corrected chi connectivity index (χ3v) is 9.35. The smallest absolute Gasteiger partial charge is 0.434 e. The number of ether oxygens (including phenoxy) is 1. The maximum atomic E-state index is 13.6. The van der Waals surface area contributed by atoms with E-state index >= 15 is 0 Å². The van der Waals surface area contributed by atoms with Crippen LogP contribution >= 0.6 is 11.3 Å². The molecule has 4 saturated carbocycles. The zero-order chi connectivity index (χ0) is 26.7. The van der Waals surface area contributed by atoms with Crippen LogP contribution in [0.5, 0.6) is 5.75 Å². The van der Waals surface area contributed by atoms with Crippen LogP contribution in [0.1, 0.15) is 59.6 Å². The van der Waals surface area contributed by atoms with Crippen molar-refractivity contribution in [2.45, 2.75) is 57.3 Å². The summed E-state index contributed by atoms with van der Waals surface area (Å²) in [5.74, 6) is 0.132. The van der Waals surface area contributed by atoms with E-state index in [9.17, 15) is 27.9 Å². The van der Waals surface area contributed by atoms with Crippen molar-refractivity contribution in [3.05, 3.63) is 58.0 Å². The lowest BCUT2D eigenvalue weighted by molar-refractivity contribution is -0.150. The molecule has 4 bridgehead atoms. The first kappa shape index (κ1) is 25.2. The van der Waals surface area contributed by atoms with Crippen LogP contribution < -0.4 is 10.1 Å². The Morgan fingerprint density at radius 3 is 2.34 bits per heavy atom. The zero-order valence-corrected chi connectivity index (χ0v) is 21.3. The molecule has 0 aliphatic heterocycles. The second-order valence-electron chi connectivity index (χ2n) is 11.1. The van der Waals surface area contributed by atoms with Crippen molar-refractivity contribution in [1.82, 2.24) is 10.3 Å². The number of hydrogen-bond donors (Lipinski definition) is 2. The van der Waals surface area contributed by atoms with Crippen LogP contribution in [-0.4, -0.2) is 28.0 Å². The maximum absolute atomic E-state index is 13.6. The minimum atomic E-state index is -4.55.